The van der Waals surface area contributed by atoms with E-state index in [1.165, 1.54) is 114 Å². The van der Waals surface area contributed by atoms with Crippen LogP contribution in [0.4, 0.5) is 0 Å². The van der Waals surface area contributed by atoms with E-state index in [4.69, 9.17) is 18.5 Å². The minimum absolute atomic E-state index is 0.0732. The van der Waals surface area contributed by atoms with E-state index in [1.807, 2.05) is 21.1 Å². The van der Waals surface area contributed by atoms with Crippen LogP contribution in [0.2, 0.25) is 0 Å². The fourth-order valence-electron chi connectivity index (χ4n) is 7.13. The zero-order valence-corrected chi connectivity index (χ0v) is 40.4. The lowest BCUT2D eigenvalue weighted by atomic mass is 9.91. The molecule has 7 nitrogen and oxygen atoms in total. The molecule has 1 unspecified atom stereocenters. The van der Waals surface area contributed by atoms with E-state index in [0.29, 0.717) is 24.2 Å². The van der Waals surface area contributed by atoms with Crippen molar-refractivity contribution in [1.82, 2.24) is 0 Å². The number of likely N-dealkylation sites (N-methyl/N-ethyl adjacent to an activating group) is 1. The highest BCUT2D eigenvalue weighted by Crippen LogP contribution is 2.47. The van der Waals surface area contributed by atoms with Gasteiger partial charge >= 0.3 is 8.17 Å². The van der Waals surface area contributed by atoms with E-state index >= 15 is 0 Å². The van der Waals surface area contributed by atoms with Crippen molar-refractivity contribution in [1.29, 1.82) is 0 Å². The van der Waals surface area contributed by atoms with Gasteiger partial charge in [-0.2, -0.15) is 13.9 Å². The van der Waals surface area contributed by atoms with Gasteiger partial charge in [-0.1, -0.05) is 169 Å². The molecule has 1 N–H and O–H groups in total. The summed E-state index contributed by atoms with van der Waals surface area (Å²) in [5.74, 6) is 4.87. The number of quaternary nitrogens is 1. The minimum atomic E-state index is -4.20. The number of ether oxygens (including phenoxy) is 2. The lowest BCUT2D eigenvalue weighted by Gasteiger charge is -2.26. The van der Waals surface area contributed by atoms with Crippen molar-refractivity contribution in [2.45, 2.75) is 191 Å². The Morgan fingerprint density at radius 3 is 1.38 bits per heavy atom. The number of phosphoric acid groups is 1. The number of hydrogen-bond acceptors (Lipinski definition) is 6. The molecule has 0 saturated carbocycles. The maximum absolute atomic E-state index is 12.6. The third kappa shape index (κ3) is 37.9. The molecule has 0 radical (unpaired) electrons. The molecule has 334 valence electrons. The predicted molar refractivity (Wildman–Crippen MR) is 241 cm³/mol. The van der Waals surface area contributed by atoms with E-state index in [-0.39, 0.29) is 19.8 Å². The average molecular weight is 815 g/mol. The largest absolute Gasteiger partial charge is 0.606 e. The molecule has 0 bridgehead atoms. The van der Waals surface area contributed by atoms with Crippen LogP contribution in [-0.4, -0.2) is 76.2 Å². The highest BCUT2D eigenvalue weighted by Gasteiger charge is 2.30. The molecule has 0 aliphatic rings. The van der Waals surface area contributed by atoms with Gasteiger partial charge in [-0.3, -0.25) is 0 Å². The first-order valence-electron chi connectivity index (χ1n) is 23.2. The fourth-order valence-corrected chi connectivity index (χ4v) is 7.88. The van der Waals surface area contributed by atoms with E-state index in [0.717, 1.165) is 48.3 Å². The van der Waals surface area contributed by atoms with Gasteiger partial charge in [-0.15, -0.1) is 0 Å². The molecular formula is C48H97NO6P+. The van der Waals surface area contributed by atoms with Crippen molar-refractivity contribution in [3.63, 3.8) is 0 Å². The first kappa shape index (κ1) is 55.6. The van der Waals surface area contributed by atoms with Crippen LogP contribution in [0.25, 0.3) is 0 Å². The Hall–Kier alpha value is -0.370. The summed E-state index contributed by atoms with van der Waals surface area (Å²) in [7, 11) is 1.83. The molecule has 0 aromatic heterocycles. The summed E-state index contributed by atoms with van der Waals surface area (Å²) in [5.41, 5.74) is 2.65. The third-order valence-corrected chi connectivity index (χ3v) is 12.3. The van der Waals surface area contributed by atoms with Crippen LogP contribution in [0.15, 0.2) is 23.3 Å². The molecule has 0 fully saturated rings. The maximum Gasteiger partial charge on any atom is 0.377 e. The van der Waals surface area contributed by atoms with Gasteiger partial charge in [-0.05, 0) is 75.0 Å². The van der Waals surface area contributed by atoms with Gasteiger partial charge in [0.15, 0.2) is 0 Å². The van der Waals surface area contributed by atoms with Crippen LogP contribution in [0, 0.1) is 35.5 Å². The normalized spacial score (nSPS) is 17.0. The average Bonchev–Trinajstić information content (AvgIpc) is 3.07. The molecule has 0 aliphatic heterocycles. The number of nitrogens with zero attached hydrogens (tertiary/aromatic N) is 1. The Balaban J connectivity index is 4.72. The smallest absolute Gasteiger partial charge is 0.377 e. The predicted octanol–water partition coefficient (Wildman–Crippen LogP) is 12.9. The van der Waals surface area contributed by atoms with E-state index in [1.54, 1.807) is 0 Å². The summed E-state index contributed by atoms with van der Waals surface area (Å²) in [4.78, 5) is 22.9. The van der Waals surface area contributed by atoms with Crippen molar-refractivity contribution in [3.8, 4) is 0 Å². The summed E-state index contributed by atoms with van der Waals surface area (Å²) in [5, 5.41) is 0. The Bertz CT molecular complexity index is 977. The van der Waals surface area contributed by atoms with Crippen molar-refractivity contribution < 1.29 is 32.8 Å². The van der Waals surface area contributed by atoms with Crippen LogP contribution < -0.4 is 4.89 Å². The van der Waals surface area contributed by atoms with Crippen molar-refractivity contribution >= 4 is 8.17 Å². The highest BCUT2D eigenvalue weighted by atomic mass is 31.2. The van der Waals surface area contributed by atoms with Gasteiger partial charge in [0.05, 0.1) is 41.0 Å². The first-order chi connectivity index (χ1) is 26.3. The molecule has 0 aromatic carbocycles. The minimum Gasteiger partial charge on any atom is -0.606 e. The number of hydrogen-bond donors (Lipinski definition) is 1. The number of allylic oxidation sites excluding steroid dienone is 2. The molecule has 8 heteroatoms. The zero-order chi connectivity index (χ0) is 42.4. The van der Waals surface area contributed by atoms with Gasteiger partial charge in [-0.25, -0.2) is 0 Å². The Morgan fingerprint density at radius 2 is 0.964 bits per heavy atom. The summed E-state index contributed by atoms with van der Waals surface area (Å²) in [6.07, 6.45) is 27.1. The molecule has 56 heavy (non-hydrogen) atoms. The molecule has 0 aliphatic carbocycles. The lowest BCUT2D eigenvalue weighted by molar-refractivity contribution is -0.870. The van der Waals surface area contributed by atoms with Gasteiger partial charge < -0.3 is 18.9 Å². The van der Waals surface area contributed by atoms with E-state index in [2.05, 4.69) is 81.4 Å². The van der Waals surface area contributed by atoms with Crippen LogP contribution in [0.1, 0.15) is 185 Å². The fraction of sp³-hybridized carbons (Fsp3) is 0.917. The summed E-state index contributed by atoms with van der Waals surface area (Å²) in [6.45, 7) is 25.1. The quantitative estimate of drug-likeness (QED) is 0.0289. The Kier molecular flexibility index (Phi) is 33.1. The van der Waals surface area contributed by atoms with Crippen LogP contribution in [0.5, 0.6) is 0 Å². The maximum atomic E-state index is 12.6. The van der Waals surface area contributed by atoms with Gasteiger partial charge in [0.25, 0.3) is 0 Å². The zero-order valence-electron chi connectivity index (χ0n) is 39.5. The third-order valence-electron chi connectivity index (χ3n) is 11.3. The standard InChI is InChI=1S/C48H96NO6P/c1-40(2)20-14-22-42(5)24-16-26-44(7)28-18-30-46(9)32-35-52-38-48(39-55-56(50,51)54-37-34-49(11,12)13)53-36-33-47(10)31-19-29-45(8)27-17-25-43(6)23-15-21-41(3)4/h32-33,40-45,48H,14-31,34-39H2,1-13H3/p+1/b46-32+,47-33+/t42-,43-,44-,45-,48+/m1/s1. The summed E-state index contributed by atoms with van der Waals surface area (Å²) >= 11 is 0. The second-order valence-corrected chi connectivity index (χ2v) is 21.4. The monoisotopic (exact) mass is 815 g/mol. The number of rotatable bonds is 38. The molecule has 0 aromatic rings. The molecule has 0 rings (SSSR count). The van der Waals surface area contributed by atoms with Crippen LogP contribution in [0.3, 0.4) is 0 Å². The second-order valence-electron chi connectivity index (χ2n) is 19.9. The van der Waals surface area contributed by atoms with Crippen LogP contribution >= 0.6 is 8.17 Å². The Labute approximate surface area is 350 Å². The summed E-state index contributed by atoms with van der Waals surface area (Å²) in [6, 6.07) is 0. The summed E-state index contributed by atoms with van der Waals surface area (Å²) < 4.78 is 23.4. The van der Waals surface area contributed by atoms with Gasteiger partial charge in [0.2, 0.25) is 0 Å². The van der Waals surface area contributed by atoms with Crippen molar-refractivity contribution in [3.05, 3.63) is 23.3 Å². The van der Waals surface area contributed by atoms with E-state index in [9.17, 15) is 9.79 Å². The highest BCUT2D eigenvalue weighted by molar-refractivity contribution is 7.52. The van der Waals surface area contributed by atoms with Crippen LogP contribution in [-0.2, 0) is 18.5 Å². The lowest BCUT2D eigenvalue weighted by Crippen LogP contribution is -2.38. The molecule has 0 spiro atoms. The molecule has 0 heterocycles. The first-order valence-corrected chi connectivity index (χ1v) is 24.7. The van der Waals surface area contributed by atoms with Gasteiger partial charge in [0.1, 0.15) is 25.9 Å². The molecular weight excluding hydrogens is 718 g/mol. The van der Waals surface area contributed by atoms with Gasteiger partial charge in [0, 0.05) is 0 Å². The Morgan fingerprint density at radius 1 is 0.571 bits per heavy atom. The topological polar surface area (TPSA) is 80.2 Å². The SMILES string of the molecule is C/C(=C\COC[C@@H](CO[P+]([O-])(O)OCC[N+](C)(C)C)OC/C=C(\C)CCC[C@H](C)CCC[C@H](C)CCCC(C)C)CCC[C@H](C)CCC[C@H](C)CCCC(C)C. The van der Waals surface area contributed by atoms with E-state index < -0.39 is 14.3 Å². The van der Waals surface area contributed by atoms with Crippen molar-refractivity contribution in [2.75, 3.05) is 60.7 Å². The second kappa shape index (κ2) is 33.4. The molecule has 0 amide bonds. The molecule has 6 atom stereocenters. The molecule has 0 saturated heterocycles. The number of phosphoric ester groups is 1. The van der Waals surface area contributed by atoms with Crippen molar-refractivity contribution in [2.24, 2.45) is 35.5 Å².